The zero-order valence-corrected chi connectivity index (χ0v) is 18.6. The highest BCUT2D eigenvalue weighted by Gasteiger charge is 2.51. The fraction of sp³-hybridized carbons (Fsp3) is 0.650. The van der Waals surface area contributed by atoms with E-state index in [1.54, 1.807) is 38.7 Å². The molecule has 0 aromatic heterocycles. The molecule has 11 heteroatoms. The van der Waals surface area contributed by atoms with Crippen LogP contribution in [0.2, 0.25) is 0 Å². The van der Waals surface area contributed by atoms with Crippen molar-refractivity contribution in [2.45, 2.75) is 69.7 Å². The van der Waals surface area contributed by atoms with Gasteiger partial charge in [0, 0.05) is 24.6 Å². The summed E-state index contributed by atoms with van der Waals surface area (Å²) in [5, 5.41) is 0. The van der Waals surface area contributed by atoms with Gasteiger partial charge in [0.15, 0.2) is 0 Å². The molecule has 0 radical (unpaired) electrons. The quantitative estimate of drug-likeness (QED) is 0.483. The lowest BCUT2D eigenvalue weighted by Crippen LogP contribution is -2.53. The molecule has 1 unspecified atom stereocenters. The average Bonchev–Trinajstić information content (AvgIpc) is 2.59. The predicted molar refractivity (Wildman–Crippen MR) is 105 cm³/mol. The maximum absolute atomic E-state index is 12.9. The van der Waals surface area contributed by atoms with Gasteiger partial charge in [-0.15, -0.1) is 0 Å². The monoisotopic (exact) mass is 465 g/mol. The summed E-state index contributed by atoms with van der Waals surface area (Å²) in [5.41, 5.74) is -6.33. The Balaban J connectivity index is 1.94. The minimum absolute atomic E-state index is 0.232. The maximum Gasteiger partial charge on any atom is 0.534 e. The number of nitrogens with zero attached hydrogens (tertiary/aromatic N) is 1. The van der Waals surface area contributed by atoms with Crippen molar-refractivity contribution in [2.24, 2.45) is 0 Å². The lowest BCUT2D eigenvalue weighted by atomic mass is 9.76. The Morgan fingerprint density at radius 1 is 1.26 bits per heavy atom. The van der Waals surface area contributed by atoms with Crippen molar-refractivity contribution >= 4 is 16.2 Å². The summed E-state index contributed by atoms with van der Waals surface area (Å²) >= 11 is 0. The van der Waals surface area contributed by atoms with Crippen LogP contribution in [0.3, 0.4) is 0 Å². The molecule has 174 valence electrons. The molecule has 2 atom stereocenters. The molecule has 31 heavy (non-hydrogen) atoms. The van der Waals surface area contributed by atoms with Gasteiger partial charge in [0.25, 0.3) is 0 Å². The Hall–Kier alpha value is -2.01. The number of carbonyl (C=O) groups is 1. The number of hydrogen-bond acceptors (Lipinski definition) is 6. The average molecular weight is 465 g/mol. The summed E-state index contributed by atoms with van der Waals surface area (Å²) in [7, 11) is -5.84. The number of carbonyl (C=O) groups excluding carboxylic acids is 1. The number of ether oxygens (including phenoxy) is 2. The second-order valence-electron chi connectivity index (χ2n) is 8.84. The van der Waals surface area contributed by atoms with Gasteiger partial charge < -0.3 is 18.6 Å². The third-order valence-electron chi connectivity index (χ3n) is 5.34. The summed E-state index contributed by atoms with van der Waals surface area (Å²) in [4.78, 5) is 14.1. The zero-order valence-electron chi connectivity index (χ0n) is 17.8. The molecule has 0 N–H and O–H groups in total. The smallest absolute Gasteiger partial charge is 0.444 e. The van der Waals surface area contributed by atoms with Crippen LogP contribution in [-0.2, 0) is 31.6 Å². The van der Waals surface area contributed by atoms with Crippen molar-refractivity contribution in [3.63, 3.8) is 0 Å². The number of benzene rings is 1. The maximum atomic E-state index is 12.9. The zero-order chi connectivity index (χ0) is 23.2. The van der Waals surface area contributed by atoms with Gasteiger partial charge in [0.05, 0.1) is 6.61 Å². The molecular formula is C20H26F3NO6S. The molecular weight excluding hydrogens is 439 g/mol. The molecule has 1 spiro atoms. The number of alkyl halides is 3. The highest BCUT2D eigenvalue weighted by atomic mass is 32.2. The molecule has 0 saturated carbocycles. The summed E-state index contributed by atoms with van der Waals surface area (Å²) < 4.78 is 78.1. The summed E-state index contributed by atoms with van der Waals surface area (Å²) in [6, 6.07) is 4.01. The Labute approximate surface area is 179 Å². The molecule has 0 aliphatic carbocycles. The van der Waals surface area contributed by atoms with E-state index in [9.17, 15) is 26.4 Å². The minimum Gasteiger partial charge on any atom is -0.444 e. The largest absolute Gasteiger partial charge is 0.534 e. The highest BCUT2D eigenvalue weighted by Crippen LogP contribution is 2.48. The van der Waals surface area contributed by atoms with Gasteiger partial charge in [-0.25, -0.2) is 4.79 Å². The number of fused-ring (bicyclic) bond motifs is 2. The van der Waals surface area contributed by atoms with E-state index >= 15 is 0 Å². The van der Waals surface area contributed by atoms with Crippen LogP contribution in [0.1, 0.15) is 51.7 Å². The van der Waals surface area contributed by atoms with Gasteiger partial charge in [0.1, 0.15) is 17.0 Å². The predicted octanol–water partition coefficient (Wildman–Crippen LogP) is 4.10. The van der Waals surface area contributed by atoms with Crippen LogP contribution in [0.4, 0.5) is 18.0 Å². The van der Waals surface area contributed by atoms with E-state index in [0.29, 0.717) is 24.2 Å². The van der Waals surface area contributed by atoms with Crippen molar-refractivity contribution in [1.82, 2.24) is 4.90 Å². The standard InChI is InChI=1S/C20H26F3NO6S/c1-13-12-19(9-10-24(13)17(25)29-18(2,3)4)16-14(8-11-28-19)6-5-7-15(16)30-31(26,27)20(21,22)23/h5-7,13H,8-12H2,1-4H3/t13-,19?/m0/s1. The molecule has 1 saturated heterocycles. The second kappa shape index (κ2) is 7.84. The van der Waals surface area contributed by atoms with Crippen LogP contribution in [0.15, 0.2) is 18.2 Å². The van der Waals surface area contributed by atoms with E-state index in [4.69, 9.17) is 9.47 Å². The Kier molecular flexibility index (Phi) is 5.98. The fourth-order valence-electron chi connectivity index (χ4n) is 4.13. The number of hydrogen-bond donors (Lipinski definition) is 0. The summed E-state index contributed by atoms with van der Waals surface area (Å²) in [5.74, 6) is -0.396. The van der Waals surface area contributed by atoms with E-state index in [1.165, 1.54) is 12.1 Å². The Morgan fingerprint density at radius 2 is 1.94 bits per heavy atom. The van der Waals surface area contributed by atoms with E-state index < -0.39 is 38.7 Å². The van der Waals surface area contributed by atoms with Crippen molar-refractivity contribution < 1.29 is 40.0 Å². The van der Waals surface area contributed by atoms with Crippen molar-refractivity contribution in [3.8, 4) is 5.75 Å². The molecule has 1 fully saturated rings. The van der Waals surface area contributed by atoms with E-state index in [1.807, 2.05) is 0 Å². The Morgan fingerprint density at radius 3 is 2.52 bits per heavy atom. The third-order valence-corrected chi connectivity index (χ3v) is 6.31. The molecule has 1 amide bonds. The SMILES string of the molecule is C[C@H]1CC2(CCN1C(=O)OC(C)(C)C)OCCc1cccc(OS(=O)(=O)C(F)(F)F)c12. The summed E-state index contributed by atoms with van der Waals surface area (Å²) in [6.07, 6.45) is 0.432. The van der Waals surface area contributed by atoms with Crippen LogP contribution < -0.4 is 4.18 Å². The fourth-order valence-corrected chi connectivity index (χ4v) is 4.60. The van der Waals surface area contributed by atoms with Gasteiger partial charge in [-0.3, -0.25) is 0 Å². The van der Waals surface area contributed by atoms with E-state index in [-0.39, 0.29) is 25.4 Å². The first kappa shape index (κ1) is 23.6. The first-order valence-corrected chi connectivity index (χ1v) is 11.3. The number of piperidine rings is 1. The topological polar surface area (TPSA) is 82.1 Å². The molecule has 2 aliphatic rings. The van der Waals surface area contributed by atoms with Gasteiger partial charge >= 0.3 is 21.7 Å². The van der Waals surface area contributed by atoms with Crippen LogP contribution in [0, 0.1) is 0 Å². The van der Waals surface area contributed by atoms with Crippen LogP contribution in [0.25, 0.3) is 0 Å². The number of likely N-dealkylation sites (tertiary alicyclic amines) is 1. The Bertz CT molecular complexity index is 957. The van der Waals surface area contributed by atoms with Crippen molar-refractivity contribution in [2.75, 3.05) is 13.2 Å². The normalized spacial score (nSPS) is 24.6. The van der Waals surface area contributed by atoms with Gasteiger partial charge in [-0.1, -0.05) is 12.1 Å². The molecule has 0 bridgehead atoms. The van der Waals surface area contributed by atoms with E-state index in [2.05, 4.69) is 4.18 Å². The summed E-state index contributed by atoms with van der Waals surface area (Å²) in [6.45, 7) is 7.61. The van der Waals surface area contributed by atoms with Crippen LogP contribution in [-0.4, -0.2) is 49.7 Å². The lowest BCUT2D eigenvalue weighted by molar-refractivity contribution is -0.111. The molecule has 2 heterocycles. The lowest BCUT2D eigenvalue weighted by Gasteiger charge is -2.48. The van der Waals surface area contributed by atoms with Crippen molar-refractivity contribution in [3.05, 3.63) is 29.3 Å². The molecule has 2 aliphatic heterocycles. The van der Waals surface area contributed by atoms with Crippen LogP contribution >= 0.6 is 0 Å². The highest BCUT2D eigenvalue weighted by molar-refractivity contribution is 7.88. The van der Waals surface area contributed by atoms with Gasteiger partial charge in [-0.05, 0) is 52.2 Å². The van der Waals surface area contributed by atoms with Gasteiger partial charge in [-0.2, -0.15) is 21.6 Å². The molecule has 7 nitrogen and oxygen atoms in total. The minimum atomic E-state index is -5.84. The van der Waals surface area contributed by atoms with E-state index in [0.717, 1.165) is 0 Å². The first-order valence-electron chi connectivity index (χ1n) is 9.92. The molecule has 1 aromatic rings. The van der Waals surface area contributed by atoms with Crippen LogP contribution in [0.5, 0.6) is 5.75 Å². The molecule has 1 aromatic carbocycles. The number of halogens is 3. The molecule has 3 rings (SSSR count). The van der Waals surface area contributed by atoms with Crippen molar-refractivity contribution in [1.29, 1.82) is 0 Å². The van der Waals surface area contributed by atoms with Gasteiger partial charge in [0.2, 0.25) is 0 Å². The second-order valence-corrected chi connectivity index (χ2v) is 10.4. The third kappa shape index (κ3) is 4.77. The number of rotatable bonds is 2. The number of amides is 1. The first-order chi connectivity index (χ1) is 14.2.